The number of phenols is 1. The number of carbonyl (C=O) groups is 1. The highest BCUT2D eigenvalue weighted by atomic mass is 16.5. The number of piperidine rings is 1. The number of likely N-dealkylation sites (tertiary alicyclic amines) is 1. The molecule has 29 heavy (non-hydrogen) atoms. The van der Waals surface area contributed by atoms with Crippen molar-refractivity contribution in [2.75, 3.05) is 13.6 Å². The van der Waals surface area contributed by atoms with Crippen LogP contribution in [-0.4, -0.2) is 52.2 Å². The van der Waals surface area contributed by atoms with Crippen molar-refractivity contribution in [3.8, 4) is 17.2 Å². The Balaban J connectivity index is 1.59. The van der Waals surface area contributed by atoms with Gasteiger partial charge in [0.25, 0.3) is 0 Å². The van der Waals surface area contributed by atoms with Gasteiger partial charge in [0, 0.05) is 11.6 Å². The van der Waals surface area contributed by atoms with E-state index in [-0.39, 0.29) is 23.3 Å². The summed E-state index contributed by atoms with van der Waals surface area (Å²) in [5, 5.41) is 22.6. The Labute approximate surface area is 168 Å². The molecule has 4 aliphatic rings. The average molecular weight is 391 g/mol. The van der Waals surface area contributed by atoms with Crippen LogP contribution in [0.1, 0.15) is 17.5 Å². The van der Waals surface area contributed by atoms with Crippen LogP contribution in [0, 0.1) is 0 Å². The zero-order valence-electron chi connectivity index (χ0n) is 16.0. The molecule has 148 valence electrons. The van der Waals surface area contributed by atoms with E-state index in [1.165, 1.54) is 0 Å². The van der Waals surface area contributed by atoms with E-state index in [4.69, 9.17) is 9.47 Å². The molecule has 0 saturated carbocycles. The summed E-state index contributed by atoms with van der Waals surface area (Å²) in [7, 11) is 1.99. The number of Topliss-reactive ketones (excluding diaryl/α,β-unsaturated/α-hetero) is 1. The third-order valence-electron chi connectivity index (χ3n) is 7.18. The van der Waals surface area contributed by atoms with E-state index in [2.05, 4.69) is 4.90 Å². The number of carbonyl (C=O) groups excluding carboxylic acids is 1. The number of hydrogen-bond acceptors (Lipinski definition) is 6. The lowest BCUT2D eigenvalue weighted by atomic mass is 9.50. The molecule has 2 aliphatic heterocycles. The number of ether oxygens (including phenoxy) is 2. The first-order chi connectivity index (χ1) is 14.0. The molecule has 2 N–H and O–H groups in total. The molecule has 6 nitrogen and oxygen atoms in total. The Kier molecular flexibility index (Phi) is 3.18. The van der Waals surface area contributed by atoms with E-state index in [1.54, 1.807) is 24.3 Å². The molecule has 6 heteroatoms. The van der Waals surface area contributed by atoms with Gasteiger partial charge in [-0.25, -0.2) is 0 Å². The van der Waals surface area contributed by atoms with Crippen LogP contribution in [0.25, 0.3) is 0 Å². The fraction of sp³-hybridized carbons (Fsp3) is 0.348. The molecule has 0 amide bonds. The first-order valence-corrected chi connectivity index (χ1v) is 9.90. The van der Waals surface area contributed by atoms with Crippen molar-refractivity contribution in [3.05, 3.63) is 65.4 Å². The predicted molar refractivity (Wildman–Crippen MR) is 104 cm³/mol. The smallest absolute Gasteiger partial charge is 0.239 e. The lowest BCUT2D eigenvalue weighted by Crippen LogP contribution is -2.75. The molecule has 0 aromatic heterocycles. The van der Waals surface area contributed by atoms with Crippen LogP contribution in [0.4, 0.5) is 0 Å². The first-order valence-electron chi connectivity index (χ1n) is 9.90. The summed E-state index contributed by atoms with van der Waals surface area (Å²) >= 11 is 0. The first kappa shape index (κ1) is 17.1. The number of aliphatic hydroxyl groups is 1. The summed E-state index contributed by atoms with van der Waals surface area (Å²) in [6, 6.07) is 12.3. The number of para-hydroxylation sites is 1. The topological polar surface area (TPSA) is 79.2 Å². The van der Waals surface area contributed by atoms with Gasteiger partial charge in [-0.2, -0.15) is 0 Å². The molecule has 2 heterocycles. The van der Waals surface area contributed by atoms with E-state index in [0.717, 1.165) is 17.7 Å². The Morgan fingerprint density at radius 3 is 2.79 bits per heavy atom. The summed E-state index contributed by atoms with van der Waals surface area (Å²) in [6.07, 6.45) is 1.85. The van der Waals surface area contributed by atoms with Crippen molar-refractivity contribution in [1.82, 2.24) is 4.90 Å². The number of ketones is 1. The molecule has 0 radical (unpaired) electrons. The van der Waals surface area contributed by atoms with Gasteiger partial charge in [0.05, 0.1) is 5.41 Å². The van der Waals surface area contributed by atoms with Crippen LogP contribution < -0.4 is 9.47 Å². The molecule has 1 fully saturated rings. The van der Waals surface area contributed by atoms with E-state index in [1.807, 2.05) is 31.3 Å². The Morgan fingerprint density at radius 1 is 1.21 bits per heavy atom. The van der Waals surface area contributed by atoms with Crippen LogP contribution in [0.5, 0.6) is 17.2 Å². The molecule has 1 spiro atoms. The van der Waals surface area contributed by atoms with Crippen molar-refractivity contribution < 1.29 is 24.5 Å². The Bertz CT molecular complexity index is 1080. The van der Waals surface area contributed by atoms with Gasteiger partial charge in [-0.15, -0.1) is 0 Å². The van der Waals surface area contributed by atoms with Gasteiger partial charge in [-0.3, -0.25) is 9.69 Å². The lowest BCUT2D eigenvalue weighted by molar-refractivity contribution is -0.156. The maximum atomic E-state index is 13.5. The van der Waals surface area contributed by atoms with Gasteiger partial charge in [0.15, 0.2) is 23.4 Å². The molecule has 1 unspecified atom stereocenters. The van der Waals surface area contributed by atoms with Crippen LogP contribution in [-0.2, 0) is 16.6 Å². The minimum atomic E-state index is -1.34. The van der Waals surface area contributed by atoms with Gasteiger partial charge >= 0.3 is 0 Å². The Morgan fingerprint density at radius 2 is 2.00 bits per heavy atom. The second kappa shape index (κ2) is 5.40. The molecule has 2 aromatic rings. The SMILES string of the molecule is CN1CC[C@]23c4c5ccc(O)c4O[C@H]2C(=O)C(Oc2ccccc2)=C[C@@]3(O)C1C5. The minimum Gasteiger partial charge on any atom is -0.504 e. The largest absolute Gasteiger partial charge is 0.504 e. The lowest BCUT2D eigenvalue weighted by Gasteiger charge is -2.60. The third kappa shape index (κ3) is 1.91. The van der Waals surface area contributed by atoms with Gasteiger partial charge in [0.1, 0.15) is 11.4 Å². The van der Waals surface area contributed by atoms with Crippen LogP contribution in [0.15, 0.2) is 54.3 Å². The number of likely N-dealkylation sites (N-methyl/N-ethyl adjacent to an activating group) is 1. The highest BCUT2D eigenvalue weighted by Gasteiger charge is 2.73. The third-order valence-corrected chi connectivity index (χ3v) is 7.18. The fourth-order valence-corrected chi connectivity index (χ4v) is 5.87. The molecule has 2 bridgehead atoms. The normalized spacial score (nSPS) is 34.3. The maximum absolute atomic E-state index is 13.5. The summed E-state index contributed by atoms with van der Waals surface area (Å²) in [4.78, 5) is 15.6. The number of nitrogens with zero attached hydrogens (tertiary/aromatic N) is 1. The number of aromatic hydroxyl groups is 1. The predicted octanol–water partition coefficient (Wildman–Crippen LogP) is 1.93. The van der Waals surface area contributed by atoms with Gasteiger partial charge in [-0.05, 0) is 56.3 Å². The van der Waals surface area contributed by atoms with Gasteiger partial charge in [-0.1, -0.05) is 24.3 Å². The molecule has 6 rings (SSSR count). The standard InChI is InChI=1S/C23H21NO5/c1-24-10-9-22-18-13-7-8-15(25)20(18)29-21(22)19(26)16(12-23(22,27)17(24)11-13)28-14-5-3-2-4-6-14/h2-8,12,17,21,25,27H,9-11H2,1H3/t17?,21-,22-,23+/m0/s1. The number of hydrogen-bond donors (Lipinski definition) is 2. The van der Waals surface area contributed by atoms with Gasteiger partial charge in [0.2, 0.25) is 5.78 Å². The monoisotopic (exact) mass is 391 g/mol. The van der Waals surface area contributed by atoms with Crippen LogP contribution >= 0.6 is 0 Å². The van der Waals surface area contributed by atoms with Crippen molar-refractivity contribution >= 4 is 5.78 Å². The summed E-state index contributed by atoms with van der Waals surface area (Å²) in [5.74, 6) is 0.655. The highest BCUT2D eigenvalue weighted by molar-refractivity contribution is 6.02. The zero-order valence-corrected chi connectivity index (χ0v) is 16.0. The number of rotatable bonds is 2. The van der Waals surface area contributed by atoms with Crippen molar-refractivity contribution in [2.45, 2.75) is 36.0 Å². The number of phenolic OH excluding ortho intramolecular Hbond substituents is 1. The van der Waals surface area contributed by atoms with Crippen molar-refractivity contribution in [3.63, 3.8) is 0 Å². The van der Waals surface area contributed by atoms with E-state index >= 15 is 0 Å². The fourth-order valence-electron chi connectivity index (χ4n) is 5.87. The van der Waals surface area contributed by atoms with Crippen LogP contribution in [0.2, 0.25) is 0 Å². The van der Waals surface area contributed by atoms with Crippen molar-refractivity contribution in [2.24, 2.45) is 0 Å². The van der Waals surface area contributed by atoms with Gasteiger partial charge < -0.3 is 19.7 Å². The number of benzene rings is 2. The van der Waals surface area contributed by atoms with Crippen molar-refractivity contribution in [1.29, 1.82) is 0 Å². The van der Waals surface area contributed by atoms with E-state index < -0.39 is 17.1 Å². The molecule has 1 saturated heterocycles. The second-order valence-corrected chi connectivity index (χ2v) is 8.48. The molecule has 4 atom stereocenters. The summed E-state index contributed by atoms with van der Waals surface area (Å²) in [6.45, 7) is 0.734. The Hall–Kier alpha value is -2.83. The quantitative estimate of drug-likeness (QED) is 0.815. The average Bonchev–Trinajstić information content (AvgIpc) is 3.07. The summed E-state index contributed by atoms with van der Waals surface area (Å²) < 4.78 is 12.0. The van der Waals surface area contributed by atoms with E-state index in [0.29, 0.717) is 24.3 Å². The molecular formula is C23H21NO5. The summed E-state index contributed by atoms with van der Waals surface area (Å²) in [5.41, 5.74) is -0.436. The van der Waals surface area contributed by atoms with E-state index in [9.17, 15) is 15.0 Å². The highest BCUT2D eigenvalue weighted by Crippen LogP contribution is 2.63. The maximum Gasteiger partial charge on any atom is 0.239 e. The minimum absolute atomic E-state index is 0.00517. The molecule has 2 aliphatic carbocycles. The second-order valence-electron chi connectivity index (χ2n) is 8.48. The zero-order chi connectivity index (χ0) is 20.0. The van der Waals surface area contributed by atoms with Crippen LogP contribution in [0.3, 0.4) is 0 Å². The molecular weight excluding hydrogens is 370 g/mol. The molecule has 2 aromatic carbocycles.